The van der Waals surface area contributed by atoms with Gasteiger partial charge in [-0.05, 0) is 71.6 Å². The molecule has 6 nitrogen and oxygen atoms in total. The first kappa shape index (κ1) is 23.3. The molecule has 1 fully saturated rings. The van der Waals surface area contributed by atoms with Crippen molar-refractivity contribution in [1.29, 1.82) is 0 Å². The molecule has 2 N–H and O–H groups in total. The predicted octanol–water partition coefficient (Wildman–Crippen LogP) is 3.45. The van der Waals surface area contributed by atoms with Crippen LogP contribution in [0.1, 0.15) is 53.0 Å². The van der Waals surface area contributed by atoms with Crippen LogP contribution in [0.4, 0.5) is 0 Å². The predicted molar refractivity (Wildman–Crippen MR) is 121 cm³/mol. The van der Waals surface area contributed by atoms with Gasteiger partial charge in [0.1, 0.15) is 0 Å². The lowest BCUT2D eigenvalue weighted by molar-refractivity contribution is 0.167. The van der Waals surface area contributed by atoms with Gasteiger partial charge in [-0.2, -0.15) is 0 Å². The summed E-state index contributed by atoms with van der Waals surface area (Å²) in [5, 5.41) is 7.02. The maximum atomic E-state index is 5.73. The van der Waals surface area contributed by atoms with Crippen molar-refractivity contribution in [2.24, 2.45) is 4.99 Å². The van der Waals surface area contributed by atoms with Gasteiger partial charge in [0.25, 0.3) is 0 Å². The van der Waals surface area contributed by atoms with E-state index in [1.165, 1.54) is 18.4 Å². The third-order valence-electron chi connectivity index (χ3n) is 5.22. The Morgan fingerprint density at radius 2 is 1.79 bits per heavy atom. The summed E-state index contributed by atoms with van der Waals surface area (Å²) in [6.45, 7) is 15.8. The van der Waals surface area contributed by atoms with Gasteiger partial charge >= 0.3 is 0 Å². The summed E-state index contributed by atoms with van der Waals surface area (Å²) in [4.78, 5) is 7.35. The number of aliphatic imine (C=N–C) groups is 1. The highest BCUT2D eigenvalue weighted by atomic mass is 16.5. The fourth-order valence-corrected chi connectivity index (χ4v) is 3.62. The summed E-state index contributed by atoms with van der Waals surface area (Å²) in [6, 6.07) is 7.31. The molecule has 0 amide bonds. The third kappa shape index (κ3) is 7.77. The Labute approximate surface area is 177 Å². The number of piperidine rings is 1. The van der Waals surface area contributed by atoms with Crippen molar-refractivity contribution in [2.75, 3.05) is 39.4 Å². The molecule has 1 aromatic rings. The Morgan fingerprint density at radius 1 is 1.10 bits per heavy atom. The molecule has 0 aliphatic carbocycles. The lowest BCUT2D eigenvalue weighted by Gasteiger charge is -2.35. The van der Waals surface area contributed by atoms with Crippen LogP contribution in [0.3, 0.4) is 0 Å². The van der Waals surface area contributed by atoms with E-state index in [4.69, 9.17) is 14.5 Å². The van der Waals surface area contributed by atoms with Gasteiger partial charge in [0.05, 0.1) is 13.2 Å². The molecule has 6 heteroatoms. The summed E-state index contributed by atoms with van der Waals surface area (Å²) in [5.41, 5.74) is 1.21. The van der Waals surface area contributed by atoms with E-state index in [9.17, 15) is 0 Å². The van der Waals surface area contributed by atoms with E-state index in [0.717, 1.165) is 50.1 Å². The molecule has 0 aromatic heterocycles. The molecule has 1 aliphatic rings. The standard InChI is InChI=1S/C23H40N4O2/c1-6-24-23(26-20-12-15-27(16-13-20)18(4)5)25-14-11-19-9-10-21(28-7-2)22(17-19)29-8-3/h9-10,17-18,20H,6-8,11-16H2,1-5H3,(H2,24,25,26). The highest BCUT2D eigenvalue weighted by molar-refractivity contribution is 5.80. The normalized spacial score (nSPS) is 16.1. The number of nitrogens with one attached hydrogen (secondary N) is 2. The van der Waals surface area contributed by atoms with Gasteiger partial charge in [0, 0.05) is 38.3 Å². The molecule has 29 heavy (non-hydrogen) atoms. The van der Waals surface area contributed by atoms with E-state index in [1.54, 1.807) is 0 Å². The average Bonchev–Trinajstić information content (AvgIpc) is 2.71. The van der Waals surface area contributed by atoms with Gasteiger partial charge in [-0.3, -0.25) is 4.99 Å². The number of hydrogen-bond acceptors (Lipinski definition) is 4. The Hall–Kier alpha value is -1.95. The van der Waals surface area contributed by atoms with Crippen molar-refractivity contribution in [3.05, 3.63) is 23.8 Å². The van der Waals surface area contributed by atoms with Crippen LogP contribution in [0.25, 0.3) is 0 Å². The van der Waals surface area contributed by atoms with Crippen molar-refractivity contribution in [3.8, 4) is 11.5 Å². The number of hydrogen-bond donors (Lipinski definition) is 2. The van der Waals surface area contributed by atoms with Crippen LogP contribution in [0.2, 0.25) is 0 Å². The second-order valence-electron chi connectivity index (χ2n) is 7.71. The number of nitrogens with zero attached hydrogens (tertiary/aromatic N) is 2. The van der Waals surface area contributed by atoms with Crippen molar-refractivity contribution in [2.45, 2.75) is 66.0 Å². The lowest BCUT2D eigenvalue weighted by Crippen LogP contribution is -2.49. The Kier molecular flexibility index (Phi) is 10.1. The second-order valence-corrected chi connectivity index (χ2v) is 7.71. The van der Waals surface area contributed by atoms with Crippen molar-refractivity contribution < 1.29 is 9.47 Å². The first-order valence-electron chi connectivity index (χ1n) is 11.2. The quantitative estimate of drug-likeness (QED) is 0.462. The molecule has 2 rings (SSSR count). The topological polar surface area (TPSA) is 58.1 Å². The molecule has 0 atom stereocenters. The maximum absolute atomic E-state index is 5.73. The maximum Gasteiger partial charge on any atom is 0.191 e. The Balaban J connectivity index is 1.91. The third-order valence-corrected chi connectivity index (χ3v) is 5.22. The van der Waals surface area contributed by atoms with Gasteiger partial charge in [0.15, 0.2) is 17.5 Å². The summed E-state index contributed by atoms with van der Waals surface area (Å²) in [6.07, 6.45) is 3.20. The number of rotatable bonds is 10. The van der Waals surface area contributed by atoms with Gasteiger partial charge in [-0.15, -0.1) is 0 Å². The van der Waals surface area contributed by atoms with Crippen LogP contribution in [0.5, 0.6) is 11.5 Å². The lowest BCUT2D eigenvalue weighted by atomic mass is 10.0. The molecule has 0 saturated carbocycles. The molecular weight excluding hydrogens is 364 g/mol. The van der Waals surface area contributed by atoms with Crippen LogP contribution < -0.4 is 20.1 Å². The van der Waals surface area contributed by atoms with Crippen molar-refractivity contribution in [1.82, 2.24) is 15.5 Å². The van der Waals surface area contributed by atoms with E-state index >= 15 is 0 Å². The summed E-state index contributed by atoms with van der Waals surface area (Å²) in [7, 11) is 0. The molecule has 0 bridgehead atoms. The highest BCUT2D eigenvalue weighted by Gasteiger charge is 2.21. The first-order valence-corrected chi connectivity index (χ1v) is 11.2. The molecule has 0 unspecified atom stereocenters. The fraction of sp³-hybridized carbons (Fsp3) is 0.696. The van der Waals surface area contributed by atoms with Gasteiger partial charge in [-0.25, -0.2) is 0 Å². The second kappa shape index (κ2) is 12.6. The van der Waals surface area contributed by atoms with Gasteiger partial charge in [-0.1, -0.05) is 6.07 Å². The van der Waals surface area contributed by atoms with Crippen molar-refractivity contribution >= 4 is 5.96 Å². The van der Waals surface area contributed by atoms with Crippen LogP contribution in [0, 0.1) is 0 Å². The van der Waals surface area contributed by atoms with E-state index in [0.29, 0.717) is 25.3 Å². The van der Waals surface area contributed by atoms with Crippen molar-refractivity contribution in [3.63, 3.8) is 0 Å². The molecule has 1 saturated heterocycles. The summed E-state index contributed by atoms with van der Waals surface area (Å²) < 4.78 is 11.4. The largest absolute Gasteiger partial charge is 0.490 e. The molecule has 164 valence electrons. The number of likely N-dealkylation sites (tertiary alicyclic amines) is 1. The molecular formula is C23H40N4O2. The van der Waals surface area contributed by atoms with E-state index in [2.05, 4.69) is 48.4 Å². The zero-order valence-electron chi connectivity index (χ0n) is 19.0. The van der Waals surface area contributed by atoms with Gasteiger partial charge < -0.3 is 25.0 Å². The zero-order chi connectivity index (χ0) is 21.1. The average molecular weight is 405 g/mol. The summed E-state index contributed by atoms with van der Waals surface area (Å²) in [5.74, 6) is 2.55. The van der Waals surface area contributed by atoms with E-state index in [-0.39, 0.29) is 0 Å². The minimum absolute atomic E-state index is 0.498. The molecule has 1 aromatic carbocycles. The Bertz CT molecular complexity index is 625. The highest BCUT2D eigenvalue weighted by Crippen LogP contribution is 2.28. The van der Waals surface area contributed by atoms with Crippen LogP contribution in [-0.2, 0) is 6.42 Å². The molecule has 1 aliphatic heterocycles. The molecule has 0 radical (unpaired) electrons. The summed E-state index contributed by atoms with van der Waals surface area (Å²) >= 11 is 0. The SMILES string of the molecule is CCNC(=NCCc1ccc(OCC)c(OCC)c1)NC1CCN(C(C)C)CC1. The first-order chi connectivity index (χ1) is 14.1. The molecule has 1 heterocycles. The minimum Gasteiger partial charge on any atom is -0.490 e. The van der Waals surface area contributed by atoms with Gasteiger partial charge in [0.2, 0.25) is 0 Å². The minimum atomic E-state index is 0.498. The Morgan fingerprint density at radius 3 is 2.41 bits per heavy atom. The van der Waals surface area contributed by atoms with E-state index < -0.39 is 0 Å². The van der Waals surface area contributed by atoms with Crippen LogP contribution in [0.15, 0.2) is 23.2 Å². The smallest absolute Gasteiger partial charge is 0.191 e. The molecule has 0 spiro atoms. The van der Waals surface area contributed by atoms with Crippen LogP contribution >= 0.6 is 0 Å². The number of guanidine groups is 1. The van der Waals surface area contributed by atoms with Crippen LogP contribution in [-0.4, -0.2) is 62.3 Å². The zero-order valence-corrected chi connectivity index (χ0v) is 19.0. The number of ether oxygens (including phenoxy) is 2. The number of benzene rings is 1. The van der Waals surface area contributed by atoms with E-state index in [1.807, 2.05) is 19.9 Å². The monoisotopic (exact) mass is 404 g/mol. The fourth-order valence-electron chi connectivity index (χ4n) is 3.62.